The lowest BCUT2D eigenvalue weighted by Gasteiger charge is -2.25. The summed E-state index contributed by atoms with van der Waals surface area (Å²) in [4.78, 5) is 8.75. The van der Waals surface area contributed by atoms with Gasteiger partial charge in [-0.15, -0.1) is 0 Å². The van der Waals surface area contributed by atoms with Gasteiger partial charge in [0.2, 0.25) is 5.95 Å². The summed E-state index contributed by atoms with van der Waals surface area (Å²) in [5.41, 5.74) is 2.09. The normalized spacial score (nSPS) is 19.3. The van der Waals surface area contributed by atoms with E-state index in [1.54, 1.807) is 0 Å². The minimum Gasteiger partial charge on any atom is -0.354 e. The van der Waals surface area contributed by atoms with E-state index in [1.807, 2.05) is 0 Å². The first-order chi connectivity index (χ1) is 7.83. The molecule has 16 heavy (non-hydrogen) atoms. The molecule has 5 heteroatoms. The van der Waals surface area contributed by atoms with E-state index in [4.69, 9.17) is 11.6 Å². The lowest BCUT2D eigenvalue weighted by Crippen LogP contribution is -2.22. The third-order valence-corrected chi connectivity index (χ3v) is 3.72. The summed E-state index contributed by atoms with van der Waals surface area (Å²) in [5.74, 6) is 1.48. The predicted molar refractivity (Wildman–Crippen MR) is 63.4 cm³/mol. The number of aromatic nitrogens is 2. The average Bonchev–Trinajstić information content (AvgIpc) is 2.63. The van der Waals surface area contributed by atoms with Gasteiger partial charge in [0.25, 0.3) is 0 Å². The zero-order valence-electron chi connectivity index (χ0n) is 9.09. The molecule has 1 aliphatic carbocycles. The second-order valence-corrected chi connectivity index (χ2v) is 4.90. The van der Waals surface area contributed by atoms with Crippen LogP contribution in [0, 0.1) is 5.92 Å². The highest BCUT2D eigenvalue weighted by atomic mass is 35.5. The maximum atomic E-state index is 6.11. The second kappa shape index (κ2) is 4.18. The van der Waals surface area contributed by atoms with E-state index in [1.165, 1.54) is 19.3 Å². The number of rotatable bonds is 3. The van der Waals surface area contributed by atoms with Gasteiger partial charge >= 0.3 is 0 Å². The van der Waals surface area contributed by atoms with Crippen molar-refractivity contribution >= 4 is 17.5 Å². The van der Waals surface area contributed by atoms with Crippen molar-refractivity contribution in [2.24, 2.45) is 5.92 Å². The first kappa shape index (κ1) is 10.3. The van der Waals surface area contributed by atoms with Gasteiger partial charge in [0.05, 0.1) is 5.69 Å². The van der Waals surface area contributed by atoms with Crippen molar-refractivity contribution in [3.8, 4) is 0 Å². The Labute approximate surface area is 99.8 Å². The van der Waals surface area contributed by atoms with Crippen LogP contribution >= 0.6 is 11.6 Å². The van der Waals surface area contributed by atoms with Gasteiger partial charge < -0.3 is 10.6 Å². The van der Waals surface area contributed by atoms with Crippen LogP contribution in [-0.2, 0) is 13.1 Å². The van der Waals surface area contributed by atoms with Crippen LogP contribution in [0.5, 0.6) is 0 Å². The van der Waals surface area contributed by atoms with Crippen molar-refractivity contribution in [3.63, 3.8) is 0 Å². The molecule has 0 bridgehead atoms. The zero-order chi connectivity index (χ0) is 11.0. The Morgan fingerprint density at radius 3 is 2.94 bits per heavy atom. The Hall–Kier alpha value is -0.870. The van der Waals surface area contributed by atoms with Crippen molar-refractivity contribution in [3.05, 3.63) is 16.4 Å². The van der Waals surface area contributed by atoms with Crippen molar-refractivity contribution in [1.29, 1.82) is 0 Å². The Bertz CT molecular complexity index is 403. The highest BCUT2D eigenvalue weighted by Gasteiger charge is 2.20. The summed E-state index contributed by atoms with van der Waals surface area (Å²) in [6.45, 7) is 2.56. The second-order valence-electron chi connectivity index (χ2n) is 4.54. The van der Waals surface area contributed by atoms with Gasteiger partial charge in [-0.25, -0.2) is 9.97 Å². The van der Waals surface area contributed by atoms with Crippen molar-refractivity contribution in [2.45, 2.75) is 32.4 Å². The van der Waals surface area contributed by atoms with E-state index in [-0.39, 0.29) is 0 Å². The number of nitrogens with zero attached hydrogens (tertiary/aromatic N) is 2. The van der Waals surface area contributed by atoms with E-state index in [9.17, 15) is 0 Å². The Balaban J connectivity index is 1.72. The molecule has 0 unspecified atom stereocenters. The summed E-state index contributed by atoms with van der Waals surface area (Å²) < 4.78 is 0. The first-order valence-corrected chi connectivity index (χ1v) is 6.20. The smallest absolute Gasteiger partial charge is 0.224 e. The molecule has 1 saturated carbocycles. The fraction of sp³-hybridized carbons (Fsp3) is 0.636. The molecule has 1 aromatic rings. The topological polar surface area (TPSA) is 49.8 Å². The lowest BCUT2D eigenvalue weighted by molar-refractivity contribution is 0.333. The molecule has 1 aromatic heterocycles. The van der Waals surface area contributed by atoms with E-state index in [0.717, 1.165) is 36.8 Å². The molecular formula is C11H15ClN4. The summed E-state index contributed by atoms with van der Waals surface area (Å²) in [5, 5.41) is 7.10. The molecular weight excluding hydrogens is 224 g/mol. The van der Waals surface area contributed by atoms with Crippen LogP contribution in [0.1, 0.15) is 30.5 Å². The van der Waals surface area contributed by atoms with Gasteiger partial charge in [-0.05, 0) is 18.8 Å². The van der Waals surface area contributed by atoms with E-state index < -0.39 is 0 Å². The molecule has 4 nitrogen and oxygen atoms in total. The molecule has 0 amide bonds. The first-order valence-electron chi connectivity index (χ1n) is 5.83. The summed E-state index contributed by atoms with van der Waals surface area (Å²) in [6, 6.07) is 0. The summed E-state index contributed by atoms with van der Waals surface area (Å²) in [7, 11) is 0. The quantitative estimate of drug-likeness (QED) is 0.791. The summed E-state index contributed by atoms with van der Waals surface area (Å²) in [6.07, 6.45) is 4.02. The van der Waals surface area contributed by atoms with E-state index in [0.29, 0.717) is 11.1 Å². The molecule has 1 aliphatic heterocycles. The molecule has 0 atom stereocenters. The van der Waals surface area contributed by atoms with Gasteiger partial charge in [0, 0.05) is 25.2 Å². The molecule has 3 rings (SSSR count). The Morgan fingerprint density at radius 1 is 1.31 bits per heavy atom. The zero-order valence-corrected chi connectivity index (χ0v) is 9.85. The van der Waals surface area contributed by atoms with Crippen LogP contribution in [0.3, 0.4) is 0 Å². The van der Waals surface area contributed by atoms with Crippen LogP contribution in [0.2, 0.25) is 5.15 Å². The van der Waals surface area contributed by atoms with Crippen molar-refractivity contribution in [2.75, 3.05) is 11.9 Å². The van der Waals surface area contributed by atoms with Gasteiger partial charge in [0.1, 0.15) is 5.15 Å². The molecule has 0 spiro atoms. The van der Waals surface area contributed by atoms with Gasteiger partial charge in [-0.2, -0.15) is 0 Å². The number of hydrogen-bond acceptors (Lipinski definition) is 4. The SMILES string of the molecule is Clc1nc(NCC2CCC2)nc2c1CNC2. The Kier molecular flexibility index (Phi) is 2.69. The van der Waals surface area contributed by atoms with Crippen LogP contribution in [0.15, 0.2) is 0 Å². The largest absolute Gasteiger partial charge is 0.354 e. The third kappa shape index (κ3) is 1.87. The van der Waals surface area contributed by atoms with Crippen LogP contribution in [0.4, 0.5) is 5.95 Å². The number of nitrogens with one attached hydrogen (secondary N) is 2. The number of halogens is 1. The Morgan fingerprint density at radius 2 is 2.19 bits per heavy atom. The van der Waals surface area contributed by atoms with E-state index in [2.05, 4.69) is 20.6 Å². The minimum atomic E-state index is 0.589. The van der Waals surface area contributed by atoms with Crippen LogP contribution in [-0.4, -0.2) is 16.5 Å². The standard InChI is InChI=1S/C11H15ClN4/c12-10-8-5-13-6-9(8)15-11(16-10)14-4-7-2-1-3-7/h7,13H,1-6H2,(H,14,15,16). The molecule has 2 N–H and O–H groups in total. The molecule has 2 aliphatic rings. The average molecular weight is 239 g/mol. The molecule has 2 heterocycles. The number of hydrogen-bond donors (Lipinski definition) is 2. The monoisotopic (exact) mass is 238 g/mol. The molecule has 0 saturated heterocycles. The van der Waals surface area contributed by atoms with E-state index >= 15 is 0 Å². The predicted octanol–water partition coefficient (Wildman–Crippen LogP) is 1.95. The third-order valence-electron chi connectivity index (χ3n) is 3.41. The number of anilines is 1. The molecule has 1 fully saturated rings. The fourth-order valence-corrected chi connectivity index (χ4v) is 2.39. The summed E-state index contributed by atoms with van der Waals surface area (Å²) >= 11 is 6.11. The molecule has 0 aromatic carbocycles. The van der Waals surface area contributed by atoms with Gasteiger partial charge in [-0.1, -0.05) is 18.0 Å². The van der Waals surface area contributed by atoms with Crippen molar-refractivity contribution < 1.29 is 0 Å². The van der Waals surface area contributed by atoms with Gasteiger partial charge in [0.15, 0.2) is 0 Å². The highest BCUT2D eigenvalue weighted by molar-refractivity contribution is 6.30. The molecule has 86 valence electrons. The number of fused-ring (bicyclic) bond motifs is 1. The molecule has 0 radical (unpaired) electrons. The van der Waals surface area contributed by atoms with Gasteiger partial charge in [-0.3, -0.25) is 0 Å². The maximum Gasteiger partial charge on any atom is 0.224 e. The minimum absolute atomic E-state index is 0.589. The lowest BCUT2D eigenvalue weighted by atomic mass is 9.85. The maximum absolute atomic E-state index is 6.11. The van der Waals surface area contributed by atoms with Crippen LogP contribution in [0.25, 0.3) is 0 Å². The van der Waals surface area contributed by atoms with Crippen molar-refractivity contribution in [1.82, 2.24) is 15.3 Å². The highest BCUT2D eigenvalue weighted by Crippen LogP contribution is 2.27. The van der Waals surface area contributed by atoms with Crippen LogP contribution < -0.4 is 10.6 Å². The fourth-order valence-electron chi connectivity index (χ4n) is 2.14.